The molecule has 0 spiro atoms. The average Bonchev–Trinajstić information content (AvgIpc) is 3.41. The Hall–Kier alpha value is -3.22. The van der Waals surface area contributed by atoms with Crippen molar-refractivity contribution in [1.29, 1.82) is 0 Å². The summed E-state index contributed by atoms with van der Waals surface area (Å²) in [4.78, 5) is 25.8. The number of hydrogen-bond acceptors (Lipinski definition) is 9. The van der Waals surface area contributed by atoms with Gasteiger partial charge in [0.1, 0.15) is 17.8 Å². The molecule has 1 saturated carbocycles. The summed E-state index contributed by atoms with van der Waals surface area (Å²) >= 11 is 0. The number of hydrogen-bond donors (Lipinski definition) is 2. The van der Waals surface area contributed by atoms with E-state index >= 15 is 0 Å². The fourth-order valence-electron chi connectivity index (χ4n) is 3.92. The molecule has 33 heavy (non-hydrogen) atoms. The molecule has 1 aliphatic rings. The van der Waals surface area contributed by atoms with Gasteiger partial charge in [-0.1, -0.05) is 6.07 Å². The first-order valence-electron chi connectivity index (χ1n) is 10.5. The number of aromatic nitrogens is 5. The molecule has 1 fully saturated rings. The zero-order valence-corrected chi connectivity index (χ0v) is 18.9. The Balaban J connectivity index is 1.42. The third kappa shape index (κ3) is 6.18. The molecule has 3 aromatic rings. The summed E-state index contributed by atoms with van der Waals surface area (Å²) in [6.45, 7) is 2.42. The lowest BCUT2D eigenvalue weighted by atomic mass is 10.1. The lowest BCUT2D eigenvalue weighted by Crippen LogP contribution is -2.22. The molecule has 11 nitrogen and oxygen atoms in total. The molecule has 3 heterocycles. The first-order valence-corrected chi connectivity index (χ1v) is 12.0. The first-order chi connectivity index (χ1) is 15.8. The second-order valence-corrected chi connectivity index (χ2v) is 9.30. The molecule has 0 amide bonds. The van der Waals surface area contributed by atoms with Gasteiger partial charge in [-0.25, -0.2) is 15.1 Å². The van der Waals surface area contributed by atoms with E-state index in [4.69, 9.17) is 9.32 Å². The van der Waals surface area contributed by atoms with Crippen molar-refractivity contribution in [3.8, 4) is 0 Å². The molecule has 0 bridgehead atoms. The summed E-state index contributed by atoms with van der Waals surface area (Å²) in [5.74, 6) is 0.178. The number of nitrogens with zero attached hydrogens (tertiary/aromatic N) is 5. The monoisotopic (exact) mass is 471 g/mol. The van der Waals surface area contributed by atoms with Crippen molar-refractivity contribution in [1.82, 2.24) is 24.7 Å². The molecule has 3 aromatic heterocycles. The highest BCUT2D eigenvalue weighted by Gasteiger charge is 2.28. The second kappa shape index (κ2) is 9.73. The van der Waals surface area contributed by atoms with Gasteiger partial charge in [0.2, 0.25) is 5.78 Å². The number of nitrogens with two attached hydrogens (primary N) is 1. The Morgan fingerprint density at radius 1 is 1.30 bits per heavy atom. The molecule has 0 saturated heterocycles. The lowest BCUT2D eigenvalue weighted by Gasteiger charge is -2.15. The lowest BCUT2D eigenvalue weighted by molar-refractivity contribution is 0.103. The van der Waals surface area contributed by atoms with E-state index in [1.54, 1.807) is 16.9 Å². The number of pyridine rings is 1. The molecule has 174 valence electrons. The summed E-state index contributed by atoms with van der Waals surface area (Å²) in [6.07, 6.45) is 6.81. The quantitative estimate of drug-likeness (QED) is 0.441. The third-order valence-electron chi connectivity index (χ3n) is 5.45. The van der Waals surface area contributed by atoms with Crippen molar-refractivity contribution >= 4 is 21.9 Å². The number of aryl methyl sites for hydroxylation is 1. The van der Waals surface area contributed by atoms with Gasteiger partial charge in [-0.3, -0.25) is 18.6 Å². The molecule has 0 unspecified atom stereocenters. The Morgan fingerprint density at radius 3 is 2.94 bits per heavy atom. The summed E-state index contributed by atoms with van der Waals surface area (Å²) < 4.78 is 28.4. The maximum atomic E-state index is 13.1. The number of anilines is 1. The normalized spacial score (nSPS) is 18.4. The van der Waals surface area contributed by atoms with Gasteiger partial charge < -0.3 is 5.32 Å². The van der Waals surface area contributed by atoms with Gasteiger partial charge in [-0.15, -0.1) is 0 Å². The molecule has 0 aliphatic heterocycles. The van der Waals surface area contributed by atoms with Crippen LogP contribution in [0.5, 0.6) is 0 Å². The van der Waals surface area contributed by atoms with Crippen LogP contribution in [0, 0.1) is 12.8 Å². The van der Waals surface area contributed by atoms with Gasteiger partial charge in [0.25, 0.3) is 0 Å². The standard InChI is InChI=1S/C21H25N7O4S/c1-14-3-2-4-17(25-14)11-28-8-7-19(27-28)20(29)18-10-23-13-24-21(18)26-16-6-5-15(9-16)12-32-33(22,30)31/h2-4,7-8,10,13,15-16H,5-6,9,11-12H2,1H3,(H2,22,30,31)(H,23,24,26)/t15-,16+/m1/s1. The van der Waals surface area contributed by atoms with Crippen molar-refractivity contribution in [2.75, 3.05) is 11.9 Å². The molecule has 0 aromatic carbocycles. The van der Waals surface area contributed by atoms with Crippen LogP contribution in [0.1, 0.15) is 46.7 Å². The minimum Gasteiger partial charge on any atom is -0.367 e. The van der Waals surface area contributed by atoms with Gasteiger partial charge in [-0.05, 0) is 50.3 Å². The van der Waals surface area contributed by atoms with Crippen LogP contribution >= 0.6 is 0 Å². The minimum absolute atomic E-state index is 0.0190. The average molecular weight is 472 g/mol. The number of ketones is 1. The highest BCUT2D eigenvalue weighted by atomic mass is 32.2. The molecule has 2 atom stereocenters. The number of carbonyl (C=O) groups is 1. The second-order valence-electron chi connectivity index (χ2n) is 8.08. The zero-order chi connectivity index (χ0) is 23.4. The molecule has 4 rings (SSSR count). The van der Waals surface area contributed by atoms with E-state index in [-0.39, 0.29) is 30.0 Å². The van der Waals surface area contributed by atoms with Crippen LogP contribution in [0.25, 0.3) is 0 Å². The Labute approximate surface area is 191 Å². The Morgan fingerprint density at radius 2 is 2.15 bits per heavy atom. The SMILES string of the molecule is Cc1cccc(Cn2ccc(C(=O)c3cncnc3N[C@H]3CC[C@@H](COS(N)(=O)=O)C3)n2)n1. The van der Waals surface area contributed by atoms with Crippen molar-refractivity contribution in [2.45, 2.75) is 38.8 Å². The number of rotatable bonds is 9. The molecule has 12 heteroatoms. The molecule has 0 radical (unpaired) electrons. The predicted molar refractivity (Wildman–Crippen MR) is 120 cm³/mol. The number of carbonyl (C=O) groups excluding carboxylic acids is 1. The van der Waals surface area contributed by atoms with Gasteiger partial charge >= 0.3 is 10.3 Å². The van der Waals surface area contributed by atoms with Gasteiger partial charge in [-0.2, -0.15) is 13.5 Å². The largest absolute Gasteiger partial charge is 0.367 e. The van der Waals surface area contributed by atoms with E-state index in [1.165, 1.54) is 12.5 Å². The van der Waals surface area contributed by atoms with Crippen LogP contribution in [-0.4, -0.2) is 51.6 Å². The Kier molecular flexibility index (Phi) is 6.77. The summed E-state index contributed by atoms with van der Waals surface area (Å²) in [6, 6.07) is 7.44. The highest BCUT2D eigenvalue weighted by Crippen LogP contribution is 2.29. The van der Waals surface area contributed by atoms with Crippen LogP contribution < -0.4 is 10.5 Å². The van der Waals surface area contributed by atoms with E-state index in [0.29, 0.717) is 24.3 Å². The van der Waals surface area contributed by atoms with E-state index in [1.807, 2.05) is 25.1 Å². The maximum absolute atomic E-state index is 13.1. The van der Waals surface area contributed by atoms with Gasteiger partial charge in [0.05, 0.1) is 24.4 Å². The van der Waals surface area contributed by atoms with Crippen LogP contribution in [0.4, 0.5) is 5.82 Å². The van der Waals surface area contributed by atoms with Gasteiger partial charge in [0, 0.05) is 24.1 Å². The van der Waals surface area contributed by atoms with E-state index in [0.717, 1.165) is 24.2 Å². The van der Waals surface area contributed by atoms with Crippen molar-refractivity contribution in [3.63, 3.8) is 0 Å². The van der Waals surface area contributed by atoms with E-state index < -0.39 is 10.3 Å². The van der Waals surface area contributed by atoms with Crippen molar-refractivity contribution in [3.05, 3.63) is 65.6 Å². The van der Waals surface area contributed by atoms with E-state index in [9.17, 15) is 13.2 Å². The zero-order valence-electron chi connectivity index (χ0n) is 18.1. The van der Waals surface area contributed by atoms with Crippen LogP contribution in [0.15, 0.2) is 43.0 Å². The Bertz CT molecular complexity index is 1240. The van der Waals surface area contributed by atoms with Crippen LogP contribution in [0.2, 0.25) is 0 Å². The summed E-state index contributed by atoms with van der Waals surface area (Å²) in [7, 11) is -3.96. The molecule has 1 aliphatic carbocycles. The van der Waals surface area contributed by atoms with E-state index in [2.05, 4.69) is 25.4 Å². The maximum Gasteiger partial charge on any atom is 0.333 e. The number of nitrogens with one attached hydrogen (secondary N) is 1. The fraction of sp³-hybridized carbons (Fsp3) is 0.381. The first kappa shape index (κ1) is 23.0. The van der Waals surface area contributed by atoms with Gasteiger partial charge in [0.15, 0.2) is 0 Å². The van der Waals surface area contributed by atoms with Crippen LogP contribution in [-0.2, 0) is 21.0 Å². The third-order valence-corrected chi connectivity index (χ3v) is 5.91. The molecule has 3 N–H and O–H groups in total. The smallest absolute Gasteiger partial charge is 0.333 e. The molecular formula is C21H25N7O4S. The molecular weight excluding hydrogens is 446 g/mol. The highest BCUT2D eigenvalue weighted by molar-refractivity contribution is 7.84. The summed E-state index contributed by atoms with van der Waals surface area (Å²) in [5.41, 5.74) is 2.37. The van der Waals surface area contributed by atoms with Crippen molar-refractivity contribution < 1.29 is 17.4 Å². The predicted octanol–water partition coefficient (Wildman–Crippen LogP) is 1.46. The van der Waals surface area contributed by atoms with Crippen molar-refractivity contribution in [2.24, 2.45) is 11.1 Å². The minimum atomic E-state index is -3.96. The fourth-order valence-corrected chi connectivity index (χ4v) is 4.30. The summed E-state index contributed by atoms with van der Waals surface area (Å²) in [5, 5.41) is 12.6. The topological polar surface area (TPSA) is 155 Å². The van der Waals surface area contributed by atoms with Crippen LogP contribution in [0.3, 0.4) is 0 Å².